The van der Waals surface area contributed by atoms with E-state index in [4.69, 9.17) is 37.7 Å². The number of hydrogen-bond acceptors (Lipinski definition) is 8. The minimum atomic E-state index is -4.70. The number of aromatic nitrogens is 3. The molecule has 2 aromatic carbocycles. The Kier molecular flexibility index (Phi) is 8.18. The molecule has 0 atom stereocenters. The quantitative estimate of drug-likeness (QED) is 0.255. The van der Waals surface area contributed by atoms with E-state index >= 15 is 0 Å². The van der Waals surface area contributed by atoms with Crippen LogP contribution in [0.4, 0.5) is 13.2 Å². The molecule has 230 valence electrons. The smallest absolute Gasteiger partial charge is 0.419 e. The molecule has 0 unspecified atom stereocenters. The highest BCUT2D eigenvalue weighted by Crippen LogP contribution is 2.43. The molecular weight excluding hydrogens is 618 g/mol. The molecule has 1 saturated heterocycles. The van der Waals surface area contributed by atoms with Crippen LogP contribution in [0, 0.1) is 0 Å². The summed E-state index contributed by atoms with van der Waals surface area (Å²) in [5, 5.41) is 14.0. The van der Waals surface area contributed by atoms with E-state index in [-0.39, 0.29) is 12.4 Å². The molecule has 0 aliphatic carbocycles. The number of halogens is 5. The highest BCUT2D eigenvalue weighted by molar-refractivity contribution is 6.39. The number of pyridine rings is 1. The normalized spacial score (nSPS) is 16.3. The average Bonchev–Trinajstić information content (AvgIpc) is 2.99. The second kappa shape index (κ2) is 11.8. The van der Waals surface area contributed by atoms with Gasteiger partial charge < -0.3 is 19.9 Å². The number of benzene rings is 2. The molecule has 13 heteroatoms. The maximum Gasteiger partial charge on any atom is 0.419 e. The Labute approximate surface area is 261 Å². The number of fused-ring (bicyclic) bond motifs is 1. The number of nitrogens with one attached hydrogen (secondary N) is 1. The lowest BCUT2D eigenvalue weighted by Crippen LogP contribution is -2.68. The third-order valence-corrected chi connectivity index (χ3v) is 8.77. The summed E-state index contributed by atoms with van der Waals surface area (Å²) >= 11 is 14.0. The zero-order valence-electron chi connectivity index (χ0n) is 23.8. The van der Waals surface area contributed by atoms with Crippen molar-refractivity contribution in [2.45, 2.75) is 31.3 Å². The summed E-state index contributed by atoms with van der Waals surface area (Å²) in [6.45, 7) is 0.494. The molecule has 44 heavy (non-hydrogen) atoms. The highest BCUT2D eigenvalue weighted by Gasteiger charge is 2.60. The number of β-amino-alcohol motifs (C(OH)–C–C–N with tert-alkyl or cyclic N) is 1. The van der Waals surface area contributed by atoms with Crippen LogP contribution in [-0.2, 0) is 19.5 Å². The van der Waals surface area contributed by atoms with Crippen LogP contribution in [0.1, 0.15) is 16.8 Å². The molecule has 0 saturated carbocycles. The fraction of sp³-hybridized carbons (Fsp3) is 0.323. The zero-order chi connectivity index (χ0) is 31.2. The molecule has 2 aliphatic rings. The predicted molar refractivity (Wildman–Crippen MR) is 161 cm³/mol. The number of aliphatic hydroxyl groups is 1. The van der Waals surface area contributed by atoms with Crippen molar-refractivity contribution in [2.24, 2.45) is 0 Å². The minimum absolute atomic E-state index is 0.0303. The number of ether oxygens (including phenoxy) is 2. The summed E-state index contributed by atoms with van der Waals surface area (Å²) in [7, 11) is 3.02. The first-order valence-electron chi connectivity index (χ1n) is 13.8. The number of methoxy groups -OCH3 is 2. The number of rotatable bonds is 7. The van der Waals surface area contributed by atoms with E-state index in [0.717, 1.165) is 29.7 Å². The lowest BCUT2D eigenvalue weighted by Gasteiger charge is -2.46. The Morgan fingerprint density at radius 2 is 1.52 bits per heavy atom. The second-order valence-corrected chi connectivity index (χ2v) is 11.6. The summed E-state index contributed by atoms with van der Waals surface area (Å²) in [4.78, 5) is 15.2. The molecule has 0 radical (unpaired) electrons. The van der Waals surface area contributed by atoms with Gasteiger partial charge in [0.2, 0.25) is 11.8 Å². The van der Waals surface area contributed by atoms with Gasteiger partial charge in [0.15, 0.2) is 5.60 Å². The van der Waals surface area contributed by atoms with Gasteiger partial charge in [0.1, 0.15) is 5.69 Å². The van der Waals surface area contributed by atoms with Gasteiger partial charge in [-0.05, 0) is 24.6 Å². The molecule has 0 amide bonds. The van der Waals surface area contributed by atoms with Gasteiger partial charge in [-0.2, -0.15) is 13.2 Å². The Morgan fingerprint density at radius 3 is 2.14 bits per heavy atom. The lowest BCUT2D eigenvalue weighted by atomic mass is 9.93. The van der Waals surface area contributed by atoms with Crippen molar-refractivity contribution in [1.82, 2.24) is 25.2 Å². The molecule has 2 aliphatic heterocycles. The van der Waals surface area contributed by atoms with Crippen LogP contribution in [0.3, 0.4) is 0 Å². The van der Waals surface area contributed by atoms with Crippen molar-refractivity contribution in [1.29, 1.82) is 0 Å². The molecule has 4 heterocycles. The summed E-state index contributed by atoms with van der Waals surface area (Å²) in [5.41, 5.74) is 3.57. The topological polar surface area (TPSA) is 92.6 Å². The van der Waals surface area contributed by atoms with Gasteiger partial charge in [-0.25, -0.2) is 9.97 Å². The Hall–Kier alpha value is -3.48. The molecule has 2 N–H and O–H groups in total. The first-order valence-corrected chi connectivity index (χ1v) is 14.6. The molecule has 4 aromatic rings. The van der Waals surface area contributed by atoms with E-state index in [9.17, 15) is 18.3 Å². The summed E-state index contributed by atoms with van der Waals surface area (Å²) < 4.78 is 50.2. The van der Waals surface area contributed by atoms with Crippen molar-refractivity contribution in [3.05, 3.63) is 75.5 Å². The van der Waals surface area contributed by atoms with Gasteiger partial charge in [0, 0.05) is 54.0 Å². The number of nitrogens with zero attached hydrogens (tertiary/aromatic N) is 4. The van der Waals surface area contributed by atoms with Crippen molar-refractivity contribution in [3.63, 3.8) is 0 Å². The molecular formula is C31H28Cl2F3N5O3. The van der Waals surface area contributed by atoms with Crippen LogP contribution in [0.15, 0.2) is 48.7 Å². The molecule has 1 fully saturated rings. The maximum absolute atomic E-state index is 13.0. The first-order chi connectivity index (χ1) is 21.0. The third kappa shape index (κ3) is 5.48. The van der Waals surface area contributed by atoms with Crippen molar-refractivity contribution >= 4 is 23.2 Å². The van der Waals surface area contributed by atoms with Gasteiger partial charge in [0.05, 0.1) is 41.8 Å². The highest BCUT2D eigenvalue weighted by atomic mass is 35.5. The van der Waals surface area contributed by atoms with E-state index in [1.54, 1.807) is 13.2 Å². The van der Waals surface area contributed by atoms with Gasteiger partial charge in [0.25, 0.3) is 0 Å². The minimum Gasteiger partial charge on any atom is -0.481 e. The van der Waals surface area contributed by atoms with Crippen molar-refractivity contribution in [3.8, 4) is 45.4 Å². The second-order valence-electron chi connectivity index (χ2n) is 10.8. The lowest BCUT2D eigenvalue weighted by molar-refractivity contribution is -0.302. The van der Waals surface area contributed by atoms with E-state index in [0.29, 0.717) is 56.2 Å². The van der Waals surface area contributed by atoms with E-state index in [1.807, 2.05) is 36.4 Å². The van der Waals surface area contributed by atoms with E-state index < -0.39 is 24.9 Å². The SMILES string of the molecule is COc1nc(-c2cccc(-c3cccc(-c4cc5c(c(OC)n4)CCNC5)c3Cl)c2Cl)cnc1CN1CC(O)(C(F)(F)F)C1. The van der Waals surface area contributed by atoms with Crippen molar-refractivity contribution in [2.75, 3.05) is 33.9 Å². The molecule has 2 aromatic heterocycles. The largest absolute Gasteiger partial charge is 0.481 e. The summed E-state index contributed by atoms with van der Waals surface area (Å²) in [6.07, 6.45) is -2.38. The fourth-order valence-electron chi connectivity index (χ4n) is 5.64. The third-order valence-electron chi connectivity index (χ3n) is 7.96. The van der Waals surface area contributed by atoms with Crippen LogP contribution in [0.25, 0.3) is 33.6 Å². The molecule has 8 nitrogen and oxygen atoms in total. The standard InChI is InChI=1S/C31H28Cl2F3N5O3/c1-43-28-18-9-10-37-12-17(18)11-23(39-28)21-7-3-5-19(26(21)32)20-6-4-8-22(27(20)33)24-13-38-25(29(40-24)44-2)14-41-15-30(42,16-41)31(34,35)36/h3-8,11,13,37,42H,9-10,12,14-16H2,1-2H3. The molecule has 6 rings (SSSR count). The number of likely N-dealkylation sites (tertiary alicyclic amines) is 1. The zero-order valence-corrected chi connectivity index (χ0v) is 25.3. The number of hydrogen-bond donors (Lipinski definition) is 2. The van der Waals surface area contributed by atoms with Gasteiger partial charge >= 0.3 is 6.18 Å². The average molecular weight is 646 g/mol. The maximum atomic E-state index is 13.0. The molecule has 0 spiro atoms. The summed E-state index contributed by atoms with van der Waals surface area (Å²) in [6, 6.07) is 13.2. The van der Waals surface area contributed by atoms with Crippen LogP contribution < -0.4 is 14.8 Å². The Bertz CT molecular complexity index is 1710. The molecule has 0 bridgehead atoms. The van der Waals surface area contributed by atoms with Crippen LogP contribution >= 0.6 is 23.2 Å². The van der Waals surface area contributed by atoms with Crippen LogP contribution in [-0.4, -0.2) is 70.6 Å². The van der Waals surface area contributed by atoms with Crippen LogP contribution in [0.2, 0.25) is 10.0 Å². The van der Waals surface area contributed by atoms with Gasteiger partial charge in [-0.1, -0.05) is 59.6 Å². The van der Waals surface area contributed by atoms with Crippen molar-refractivity contribution < 1.29 is 27.8 Å². The van der Waals surface area contributed by atoms with Gasteiger partial charge in [-0.3, -0.25) is 9.88 Å². The van der Waals surface area contributed by atoms with Gasteiger partial charge in [-0.15, -0.1) is 0 Å². The van der Waals surface area contributed by atoms with E-state index in [2.05, 4.69) is 15.3 Å². The van der Waals surface area contributed by atoms with Crippen LogP contribution in [0.5, 0.6) is 11.8 Å². The number of alkyl halides is 3. The van der Waals surface area contributed by atoms with E-state index in [1.165, 1.54) is 18.2 Å². The summed E-state index contributed by atoms with van der Waals surface area (Å²) in [5.74, 6) is 0.731. The first kappa shape index (κ1) is 30.5. The monoisotopic (exact) mass is 645 g/mol. The predicted octanol–water partition coefficient (Wildman–Crippen LogP) is 5.95. The Balaban J connectivity index is 1.31. The fourth-order valence-corrected chi connectivity index (χ4v) is 6.29. The Morgan fingerprint density at radius 1 is 0.932 bits per heavy atom.